The third-order valence-corrected chi connectivity index (χ3v) is 6.49. The highest BCUT2D eigenvalue weighted by molar-refractivity contribution is 5.94. The number of hydrogen-bond acceptors (Lipinski definition) is 7. The third-order valence-electron chi connectivity index (χ3n) is 6.49. The van der Waals surface area contributed by atoms with Crippen molar-refractivity contribution in [2.24, 2.45) is 34.0 Å². The normalized spacial score (nSPS) is 15.7. The van der Waals surface area contributed by atoms with Gasteiger partial charge in [0.1, 0.15) is 18.1 Å². The Morgan fingerprint density at radius 2 is 1.61 bits per heavy atom. The number of carbonyl (C=O) groups is 4. The minimum absolute atomic E-state index is 0.0376. The lowest BCUT2D eigenvalue weighted by Gasteiger charge is -2.28. The summed E-state index contributed by atoms with van der Waals surface area (Å²) in [6.07, 6.45) is 4.84. The summed E-state index contributed by atoms with van der Waals surface area (Å²) in [5.41, 5.74) is 17.2. The number of H-pyrrole nitrogens is 1. The number of hydrogen-bond donors (Lipinski definition) is 8. The zero-order chi connectivity index (χ0) is 28.8. The fourth-order valence-corrected chi connectivity index (χ4v) is 3.64. The summed E-state index contributed by atoms with van der Waals surface area (Å²) < 4.78 is 0. The molecule has 14 heteroatoms. The predicted octanol–water partition coefficient (Wildman–Crippen LogP) is -1.04. The van der Waals surface area contributed by atoms with Crippen molar-refractivity contribution in [1.82, 2.24) is 25.9 Å². The molecule has 0 aliphatic carbocycles. The first-order chi connectivity index (χ1) is 17.9. The summed E-state index contributed by atoms with van der Waals surface area (Å²) in [5, 5.41) is 17.5. The van der Waals surface area contributed by atoms with Crippen molar-refractivity contribution >= 4 is 29.7 Å². The first-order valence-electron chi connectivity index (χ1n) is 12.8. The van der Waals surface area contributed by atoms with Gasteiger partial charge in [0.15, 0.2) is 5.96 Å². The molecule has 0 aliphatic rings. The van der Waals surface area contributed by atoms with Gasteiger partial charge in [0.05, 0.1) is 12.4 Å². The molecule has 0 fully saturated rings. The van der Waals surface area contributed by atoms with Crippen LogP contribution in [0.25, 0.3) is 0 Å². The molecule has 11 N–H and O–H groups in total. The molecule has 0 bridgehead atoms. The topological polar surface area (TPSA) is 244 Å². The van der Waals surface area contributed by atoms with Gasteiger partial charge in [0.25, 0.3) is 0 Å². The van der Waals surface area contributed by atoms with E-state index in [0.717, 1.165) is 0 Å². The van der Waals surface area contributed by atoms with Gasteiger partial charge in [-0.25, -0.2) is 9.78 Å². The van der Waals surface area contributed by atoms with Crippen molar-refractivity contribution in [2.45, 2.75) is 84.0 Å². The van der Waals surface area contributed by atoms with Crippen LogP contribution in [0.3, 0.4) is 0 Å². The Morgan fingerprint density at radius 3 is 2.13 bits per heavy atom. The standard InChI is InChI=1S/C24H43N9O5/c1-5-13(3)18(32-20(34)16(25)8-7-9-29-24(26)27)22(36)31-17(10-15-11-28-12-30-15)21(35)33-19(23(37)38)14(4)6-2/h11-14,16-19H,5-10,25H2,1-4H3,(H,28,30)(H,31,36)(H,32,34)(H,33,35)(H,37,38)(H4,26,27,29). The predicted molar refractivity (Wildman–Crippen MR) is 143 cm³/mol. The van der Waals surface area contributed by atoms with E-state index in [1.54, 1.807) is 13.8 Å². The maximum absolute atomic E-state index is 13.4. The fraction of sp³-hybridized carbons (Fsp3) is 0.667. The second-order valence-electron chi connectivity index (χ2n) is 9.48. The van der Waals surface area contributed by atoms with E-state index in [9.17, 15) is 24.3 Å². The molecule has 1 heterocycles. The van der Waals surface area contributed by atoms with Gasteiger partial charge in [-0.05, 0) is 24.7 Å². The molecular weight excluding hydrogens is 494 g/mol. The number of aliphatic imine (C=N–C) groups is 1. The van der Waals surface area contributed by atoms with E-state index >= 15 is 0 Å². The van der Waals surface area contributed by atoms with Gasteiger partial charge in [-0.3, -0.25) is 19.4 Å². The molecule has 0 saturated heterocycles. The number of nitrogens with one attached hydrogen (secondary N) is 4. The lowest BCUT2D eigenvalue weighted by atomic mass is 9.96. The Hall–Kier alpha value is -3.68. The van der Waals surface area contributed by atoms with E-state index in [-0.39, 0.29) is 24.2 Å². The Bertz CT molecular complexity index is 934. The van der Waals surface area contributed by atoms with Gasteiger partial charge in [0, 0.05) is 24.9 Å². The molecule has 6 atom stereocenters. The number of rotatable bonds is 17. The molecule has 6 unspecified atom stereocenters. The zero-order valence-corrected chi connectivity index (χ0v) is 22.6. The van der Waals surface area contributed by atoms with E-state index in [0.29, 0.717) is 37.9 Å². The number of carboxylic acid groups (broad SMARTS) is 1. The minimum Gasteiger partial charge on any atom is -0.480 e. The van der Waals surface area contributed by atoms with Gasteiger partial charge in [0.2, 0.25) is 17.7 Å². The second kappa shape index (κ2) is 16.2. The van der Waals surface area contributed by atoms with Crippen molar-refractivity contribution in [1.29, 1.82) is 0 Å². The minimum atomic E-state index is -1.17. The number of carboxylic acids is 1. The van der Waals surface area contributed by atoms with Crippen molar-refractivity contribution in [3.63, 3.8) is 0 Å². The molecular formula is C24H43N9O5. The molecule has 0 aromatic carbocycles. The van der Waals surface area contributed by atoms with Crippen LogP contribution < -0.4 is 33.2 Å². The Labute approximate surface area is 223 Å². The lowest BCUT2D eigenvalue weighted by Crippen LogP contribution is -2.59. The highest BCUT2D eigenvalue weighted by Gasteiger charge is 2.33. The number of guanidine groups is 1. The first-order valence-corrected chi connectivity index (χ1v) is 12.8. The van der Waals surface area contributed by atoms with Crippen LogP contribution in [0.4, 0.5) is 0 Å². The molecule has 3 amide bonds. The first kappa shape index (κ1) is 32.3. The summed E-state index contributed by atoms with van der Waals surface area (Å²) in [7, 11) is 0. The molecule has 1 aromatic rings. The van der Waals surface area contributed by atoms with Crippen LogP contribution in [0.1, 0.15) is 59.1 Å². The molecule has 0 radical (unpaired) electrons. The van der Waals surface area contributed by atoms with Gasteiger partial charge in [-0.15, -0.1) is 0 Å². The second-order valence-corrected chi connectivity index (χ2v) is 9.48. The molecule has 0 spiro atoms. The summed E-state index contributed by atoms with van der Waals surface area (Å²) >= 11 is 0. The molecule has 214 valence electrons. The van der Waals surface area contributed by atoms with Crippen LogP contribution in [0.15, 0.2) is 17.5 Å². The van der Waals surface area contributed by atoms with E-state index in [1.807, 2.05) is 13.8 Å². The van der Waals surface area contributed by atoms with Crippen LogP contribution >= 0.6 is 0 Å². The number of aromatic nitrogens is 2. The van der Waals surface area contributed by atoms with Crippen LogP contribution in [0.5, 0.6) is 0 Å². The number of aliphatic carboxylic acids is 1. The van der Waals surface area contributed by atoms with Gasteiger partial charge in [-0.1, -0.05) is 40.5 Å². The third kappa shape index (κ3) is 10.7. The smallest absolute Gasteiger partial charge is 0.326 e. The van der Waals surface area contributed by atoms with E-state index in [2.05, 4.69) is 30.9 Å². The van der Waals surface area contributed by atoms with E-state index in [1.165, 1.54) is 12.5 Å². The highest BCUT2D eigenvalue weighted by atomic mass is 16.4. The average Bonchev–Trinajstić information content (AvgIpc) is 3.39. The summed E-state index contributed by atoms with van der Waals surface area (Å²) in [5.74, 6) is -3.60. The number of imidazole rings is 1. The van der Waals surface area contributed by atoms with Gasteiger partial charge >= 0.3 is 5.97 Å². The van der Waals surface area contributed by atoms with Crippen LogP contribution in [0.2, 0.25) is 0 Å². The largest absolute Gasteiger partial charge is 0.480 e. The number of nitrogens with two attached hydrogens (primary N) is 3. The fourth-order valence-electron chi connectivity index (χ4n) is 3.64. The zero-order valence-electron chi connectivity index (χ0n) is 22.6. The number of aromatic amines is 1. The highest BCUT2D eigenvalue weighted by Crippen LogP contribution is 2.12. The average molecular weight is 538 g/mol. The number of amides is 3. The quantitative estimate of drug-likeness (QED) is 0.0686. The molecule has 0 aliphatic heterocycles. The van der Waals surface area contributed by atoms with E-state index in [4.69, 9.17) is 17.2 Å². The molecule has 14 nitrogen and oxygen atoms in total. The van der Waals surface area contributed by atoms with Crippen molar-refractivity contribution in [2.75, 3.05) is 6.54 Å². The monoisotopic (exact) mass is 537 g/mol. The lowest BCUT2D eigenvalue weighted by molar-refractivity contribution is -0.143. The summed E-state index contributed by atoms with van der Waals surface area (Å²) in [6.45, 7) is 7.52. The molecule has 38 heavy (non-hydrogen) atoms. The molecule has 1 rings (SSSR count). The summed E-state index contributed by atoms with van der Waals surface area (Å²) in [6, 6.07) is -4.11. The Balaban J connectivity index is 3.03. The Morgan fingerprint density at radius 1 is 1.00 bits per heavy atom. The number of carbonyl (C=O) groups excluding carboxylic acids is 3. The Kier molecular flexibility index (Phi) is 13.8. The SMILES string of the molecule is CCC(C)C(NC(=O)C(Cc1cnc[nH]1)NC(=O)C(NC(=O)C(N)CCCN=C(N)N)C(C)CC)C(=O)O. The van der Waals surface area contributed by atoms with Crippen molar-refractivity contribution < 1.29 is 24.3 Å². The van der Waals surface area contributed by atoms with Crippen molar-refractivity contribution in [3.05, 3.63) is 18.2 Å². The molecule has 1 aromatic heterocycles. The van der Waals surface area contributed by atoms with Crippen LogP contribution in [-0.4, -0.2) is 75.4 Å². The van der Waals surface area contributed by atoms with Crippen LogP contribution in [0, 0.1) is 11.8 Å². The molecule has 0 saturated carbocycles. The van der Waals surface area contributed by atoms with Crippen molar-refractivity contribution in [3.8, 4) is 0 Å². The van der Waals surface area contributed by atoms with Crippen LogP contribution in [-0.2, 0) is 25.6 Å². The van der Waals surface area contributed by atoms with Gasteiger partial charge in [-0.2, -0.15) is 0 Å². The number of nitrogens with zero attached hydrogens (tertiary/aromatic N) is 2. The van der Waals surface area contributed by atoms with E-state index < -0.39 is 47.9 Å². The maximum atomic E-state index is 13.4. The summed E-state index contributed by atoms with van der Waals surface area (Å²) in [4.78, 5) is 61.7. The maximum Gasteiger partial charge on any atom is 0.326 e. The van der Waals surface area contributed by atoms with Gasteiger partial charge < -0.3 is 43.2 Å².